The summed E-state index contributed by atoms with van der Waals surface area (Å²) in [6.45, 7) is 4.62. The summed E-state index contributed by atoms with van der Waals surface area (Å²) in [5.41, 5.74) is -3.03. The number of ketones is 1. The molecule has 13 heteroatoms. The second-order valence-corrected chi connectivity index (χ2v) is 12.2. The van der Waals surface area contributed by atoms with Crippen LogP contribution in [0.15, 0.2) is 28.7 Å². The van der Waals surface area contributed by atoms with E-state index in [1.54, 1.807) is 0 Å². The van der Waals surface area contributed by atoms with Gasteiger partial charge in [-0.2, -0.15) is 13.2 Å². The number of anilines is 1. The largest absolute Gasteiger partial charge is 0.488 e. The van der Waals surface area contributed by atoms with E-state index in [0.29, 0.717) is 31.6 Å². The predicted molar refractivity (Wildman–Crippen MR) is 148 cm³/mol. The maximum absolute atomic E-state index is 15.0. The fourth-order valence-corrected chi connectivity index (χ4v) is 5.66. The number of aryl methyl sites for hydroxylation is 1. The number of benzene rings is 2. The summed E-state index contributed by atoms with van der Waals surface area (Å²) in [5, 5.41) is -0.121. The highest BCUT2D eigenvalue weighted by molar-refractivity contribution is 7.92. The lowest BCUT2D eigenvalue weighted by atomic mass is 9.97. The number of nitrogens with one attached hydrogen (secondary N) is 1. The molecule has 1 aliphatic heterocycles. The molecule has 1 aromatic heterocycles. The molecule has 1 aliphatic rings. The Morgan fingerprint density at radius 3 is 2.31 bits per heavy atom. The molecule has 0 amide bonds. The Hall–Kier alpha value is -3.19. The maximum atomic E-state index is 15.0. The van der Waals surface area contributed by atoms with Crippen LogP contribution in [-0.2, 0) is 22.6 Å². The summed E-state index contributed by atoms with van der Waals surface area (Å²) in [7, 11) is -4.13. The number of carbonyl (C=O) groups is 1. The van der Waals surface area contributed by atoms with Crippen LogP contribution in [0.2, 0.25) is 0 Å². The first-order valence-corrected chi connectivity index (χ1v) is 15.7. The predicted octanol–water partition coefficient (Wildman–Crippen LogP) is 6.93. The smallest absolute Gasteiger partial charge is 0.418 e. The van der Waals surface area contributed by atoms with E-state index in [1.807, 2.05) is 11.6 Å². The van der Waals surface area contributed by atoms with Crippen molar-refractivity contribution in [1.29, 1.82) is 0 Å². The number of ether oxygens (including phenoxy) is 1. The van der Waals surface area contributed by atoms with Crippen LogP contribution in [-0.4, -0.2) is 51.6 Å². The van der Waals surface area contributed by atoms with Crippen molar-refractivity contribution in [2.75, 3.05) is 37.2 Å². The van der Waals surface area contributed by atoms with E-state index < -0.39 is 56.2 Å². The number of halogens is 5. The number of hydrogen-bond donors (Lipinski definition) is 1. The van der Waals surface area contributed by atoms with Crippen molar-refractivity contribution in [2.45, 2.75) is 58.0 Å². The number of alkyl halides is 3. The monoisotopic (exact) mass is 616 g/mol. The number of sulfonamides is 1. The third-order valence-corrected chi connectivity index (χ3v) is 7.65. The number of unbranched alkanes of at least 4 members (excludes halogenated alkanes) is 1. The van der Waals surface area contributed by atoms with Crippen LogP contribution in [0.4, 0.5) is 27.6 Å². The van der Waals surface area contributed by atoms with Crippen molar-refractivity contribution in [2.24, 2.45) is 0 Å². The van der Waals surface area contributed by atoms with Crippen molar-refractivity contribution < 1.29 is 44.3 Å². The van der Waals surface area contributed by atoms with Gasteiger partial charge in [-0.25, -0.2) is 17.2 Å². The lowest BCUT2D eigenvalue weighted by Crippen LogP contribution is -2.31. The fourth-order valence-electron chi connectivity index (χ4n) is 5.09. The molecule has 0 aliphatic carbocycles. The van der Waals surface area contributed by atoms with Crippen molar-refractivity contribution in [1.82, 2.24) is 4.90 Å². The van der Waals surface area contributed by atoms with Gasteiger partial charge < -0.3 is 14.1 Å². The summed E-state index contributed by atoms with van der Waals surface area (Å²) < 4.78 is 108. The second-order valence-electron chi connectivity index (χ2n) is 10.5. The van der Waals surface area contributed by atoms with Gasteiger partial charge in [0.15, 0.2) is 23.2 Å². The number of nitrogens with zero attached hydrogens (tertiary/aromatic N) is 1. The highest BCUT2D eigenvalue weighted by Crippen LogP contribution is 2.41. The third-order valence-electron chi connectivity index (χ3n) is 7.06. The van der Waals surface area contributed by atoms with Gasteiger partial charge in [-0.3, -0.25) is 9.52 Å². The zero-order chi connectivity index (χ0) is 30.7. The number of hydrogen-bond acceptors (Lipinski definition) is 6. The number of likely N-dealkylation sites (tertiary alicyclic amines) is 1. The van der Waals surface area contributed by atoms with Gasteiger partial charge in [0.2, 0.25) is 10.0 Å². The fraction of sp³-hybridized carbons (Fsp3) is 0.483. The minimum Gasteiger partial charge on any atom is -0.488 e. The van der Waals surface area contributed by atoms with E-state index >= 15 is 0 Å². The van der Waals surface area contributed by atoms with Crippen LogP contribution in [0.3, 0.4) is 0 Å². The quantitative estimate of drug-likeness (QED) is 0.135. The van der Waals surface area contributed by atoms with Crippen molar-refractivity contribution >= 4 is 32.5 Å². The average Bonchev–Trinajstić information content (AvgIpc) is 3.26. The van der Waals surface area contributed by atoms with Gasteiger partial charge >= 0.3 is 6.18 Å². The highest BCUT2D eigenvalue weighted by Gasteiger charge is 2.36. The minimum absolute atomic E-state index is 0.0281. The van der Waals surface area contributed by atoms with E-state index in [-0.39, 0.29) is 35.3 Å². The number of piperidine rings is 1. The van der Waals surface area contributed by atoms with Crippen LogP contribution in [0.5, 0.6) is 5.75 Å². The normalized spacial score (nSPS) is 14.8. The number of fused-ring (bicyclic) bond motifs is 1. The summed E-state index contributed by atoms with van der Waals surface area (Å²) in [4.78, 5) is 15.9. The molecule has 2 heterocycles. The number of furan rings is 1. The molecule has 1 N–H and O–H groups in total. The Balaban J connectivity index is 1.67. The standard InChI is InChI=1S/C29H33F5N2O5S/c1-3-4-9-24-26(19-16-23(35-42(2,38)39)20(29(32,33)34)17-25(19)41-24)27(37)18-14-21(30)28(22(31)15-18)40-13-8-12-36-10-6-5-7-11-36/h14-17,35H,3-13H2,1-2H3. The van der Waals surface area contributed by atoms with Crippen LogP contribution >= 0.6 is 0 Å². The van der Waals surface area contributed by atoms with E-state index in [0.717, 1.165) is 50.7 Å². The Kier molecular flexibility index (Phi) is 9.81. The molecule has 230 valence electrons. The zero-order valence-electron chi connectivity index (χ0n) is 23.4. The van der Waals surface area contributed by atoms with Crippen LogP contribution in [0.1, 0.15) is 72.7 Å². The third kappa shape index (κ3) is 7.60. The van der Waals surface area contributed by atoms with Crippen LogP contribution < -0.4 is 9.46 Å². The highest BCUT2D eigenvalue weighted by atomic mass is 32.2. The molecular weight excluding hydrogens is 583 g/mol. The lowest BCUT2D eigenvalue weighted by Gasteiger charge is -2.26. The molecule has 0 radical (unpaired) electrons. The first-order valence-electron chi connectivity index (χ1n) is 13.8. The van der Waals surface area contributed by atoms with Crippen molar-refractivity contribution in [3.63, 3.8) is 0 Å². The van der Waals surface area contributed by atoms with Gasteiger partial charge in [0.1, 0.15) is 11.3 Å². The molecule has 0 spiro atoms. The SMILES string of the molecule is CCCCc1oc2cc(C(F)(F)F)c(NS(C)(=O)=O)cc2c1C(=O)c1cc(F)c(OCCCN2CCCCC2)c(F)c1. The molecule has 3 aromatic rings. The van der Waals surface area contributed by atoms with Crippen LogP contribution in [0, 0.1) is 11.6 Å². The molecule has 0 saturated carbocycles. The summed E-state index contributed by atoms with van der Waals surface area (Å²) in [5.74, 6) is -3.68. The second kappa shape index (κ2) is 13.0. The molecule has 1 fully saturated rings. The average molecular weight is 617 g/mol. The summed E-state index contributed by atoms with van der Waals surface area (Å²) in [6, 6.07) is 3.09. The van der Waals surface area contributed by atoms with Gasteiger partial charge in [-0.05, 0) is 63.0 Å². The van der Waals surface area contributed by atoms with E-state index in [1.165, 1.54) is 6.42 Å². The van der Waals surface area contributed by atoms with Crippen molar-refractivity contribution in [3.05, 3.63) is 58.4 Å². The van der Waals surface area contributed by atoms with Crippen LogP contribution in [0.25, 0.3) is 11.0 Å². The van der Waals surface area contributed by atoms with Gasteiger partial charge in [0.25, 0.3) is 0 Å². The first-order chi connectivity index (χ1) is 19.8. The lowest BCUT2D eigenvalue weighted by molar-refractivity contribution is -0.136. The molecule has 0 unspecified atom stereocenters. The maximum Gasteiger partial charge on any atom is 0.418 e. The molecule has 0 bridgehead atoms. The molecule has 2 aromatic carbocycles. The topological polar surface area (TPSA) is 88.8 Å². The van der Waals surface area contributed by atoms with E-state index in [4.69, 9.17) is 9.15 Å². The van der Waals surface area contributed by atoms with Gasteiger partial charge in [-0.15, -0.1) is 0 Å². The Bertz CT molecular complexity index is 1520. The molecule has 0 atom stereocenters. The minimum atomic E-state index is -4.95. The zero-order valence-corrected chi connectivity index (χ0v) is 24.2. The Labute approximate surface area is 241 Å². The van der Waals surface area contributed by atoms with E-state index in [2.05, 4.69) is 4.90 Å². The number of carbonyl (C=O) groups excluding carboxylic acids is 1. The summed E-state index contributed by atoms with van der Waals surface area (Å²) >= 11 is 0. The molecular formula is C29H33F5N2O5S. The Morgan fingerprint density at radius 2 is 1.71 bits per heavy atom. The molecule has 42 heavy (non-hydrogen) atoms. The molecule has 7 nitrogen and oxygen atoms in total. The Morgan fingerprint density at radius 1 is 1.05 bits per heavy atom. The van der Waals surface area contributed by atoms with E-state index in [9.17, 15) is 35.2 Å². The van der Waals surface area contributed by atoms with Crippen molar-refractivity contribution in [3.8, 4) is 5.75 Å². The summed E-state index contributed by atoms with van der Waals surface area (Å²) in [6.07, 6.45) is 1.05. The number of rotatable bonds is 12. The van der Waals surface area contributed by atoms with Gasteiger partial charge in [0.05, 0.1) is 29.7 Å². The van der Waals surface area contributed by atoms with Gasteiger partial charge in [-0.1, -0.05) is 19.8 Å². The molecule has 1 saturated heterocycles. The first kappa shape index (κ1) is 31.7. The van der Waals surface area contributed by atoms with Gasteiger partial charge in [0, 0.05) is 23.9 Å². The molecule has 4 rings (SSSR count).